The van der Waals surface area contributed by atoms with Gasteiger partial charge in [-0.15, -0.1) is 0 Å². The van der Waals surface area contributed by atoms with E-state index in [0.717, 1.165) is 47.4 Å². The number of halogens is 3. The van der Waals surface area contributed by atoms with Crippen LogP contribution in [-0.2, 0) is 33.3 Å². The highest BCUT2D eigenvalue weighted by atomic mass is 35.5. The zero-order chi connectivity index (χ0) is 28.3. The molecule has 1 fully saturated rings. The second-order valence-electron chi connectivity index (χ2n) is 7.01. The minimum atomic E-state index is -4.26. The first-order chi connectivity index (χ1) is 17.6. The Labute approximate surface area is 195 Å². The minimum Gasteiger partial charge on any atom is -0.346 e. The molecule has 0 aromatic heterocycles. The Kier molecular flexibility index (Phi) is 4.02. The molecule has 0 aliphatic carbocycles. The van der Waals surface area contributed by atoms with Crippen LogP contribution in [0.15, 0.2) is 42.5 Å². The topological polar surface area (TPSA) is 95.6 Å². The number of alkyl halides is 2. The fourth-order valence-corrected chi connectivity index (χ4v) is 3.44. The zero-order valence-electron chi connectivity index (χ0n) is 22.1. The number of amides is 4. The predicted molar refractivity (Wildman–Crippen MR) is 110 cm³/mol. The van der Waals surface area contributed by atoms with Gasteiger partial charge in [0, 0.05) is 38.3 Å². The van der Waals surface area contributed by atoms with Gasteiger partial charge in [0.1, 0.15) is 6.04 Å². The van der Waals surface area contributed by atoms with Crippen molar-refractivity contribution in [3.05, 3.63) is 69.7 Å². The Balaban J connectivity index is 1.61. The molecule has 3 atom stereocenters. The first-order valence-electron chi connectivity index (χ1n) is 12.3. The predicted octanol–water partition coefficient (Wildman–Crippen LogP) is 2.51. The Morgan fingerprint density at radius 2 is 2.03 bits per heavy atom. The number of carbonyl (C=O) groups excluding carboxylic acids is 4. The standard InChI is InChI=1S/C22H18ClF2N3O4/c23-15-4-2-14(3-5-15)22(24,25)21(32)26-10-12-1-6-16-13(9-12)11-28(20(16)31)17-7-8-18(29)27-19(17)30/h1-6,9,17H,7-8,10-11H2,(H,26,32)(H,27,29,30)/i7D,8D,10D2/hD2. The molecule has 2 N–H and O–H groups in total. The largest absolute Gasteiger partial charge is 0.349 e. The van der Waals surface area contributed by atoms with Crippen LogP contribution >= 0.6 is 11.6 Å². The van der Waals surface area contributed by atoms with Crippen LogP contribution in [0, 0.1) is 0 Å². The molecule has 0 spiro atoms. The van der Waals surface area contributed by atoms with Gasteiger partial charge in [-0.1, -0.05) is 35.9 Å². The average molecular weight is 468 g/mol. The third kappa shape index (κ3) is 4.08. The van der Waals surface area contributed by atoms with Gasteiger partial charge in [-0.3, -0.25) is 24.5 Å². The molecule has 3 unspecified atom stereocenters. The summed E-state index contributed by atoms with van der Waals surface area (Å²) in [6.07, 6.45) is -3.47. The molecule has 7 nitrogen and oxygen atoms in total. The molecule has 2 heterocycles. The van der Waals surface area contributed by atoms with Crippen molar-refractivity contribution < 1.29 is 36.3 Å². The van der Waals surface area contributed by atoms with E-state index in [4.69, 9.17) is 19.9 Å². The van der Waals surface area contributed by atoms with Crippen molar-refractivity contribution in [3.63, 3.8) is 0 Å². The Hall–Kier alpha value is -3.33. The molecule has 2 aliphatic heterocycles. The lowest BCUT2D eigenvalue weighted by Gasteiger charge is -2.29. The van der Waals surface area contributed by atoms with Crippen molar-refractivity contribution >= 4 is 35.2 Å². The number of rotatable bonds is 5. The normalized spacial score (nSPS) is 26.5. The number of fused-ring (bicyclic) bond motifs is 1. The van der Waals surface area contributed by atoms with Crippen molar-refractivity contribution in [3.8, 4) is 0 Å². The third-order valence-corrected chi connectivity index (χ3v) is 5.18. The summed E-state index contributed by atoms with van der Waals surface area (Å²) >= 11 is 5.68. The molecule has 0 bridgehead atoms. The van der Waals surface area contributed by atoms with Gasteiger partial charge in [0.15, 0.2) is 2.82 Å². The van der Waals surface area contributed by atoms with E-state index in [1.54, 1.807) is 0 Å². The fourth-order valence-electron chi connectivity index (χ4n) is 3.31. The summed E-state index contributed by atoms with van der Waals surface area (Å²) in [7, 11) is 0. The molecule has 10 heteroatoms. The van der Waals surface area contributed by atoms with Crippen LogP contribution in [0.1, 0.15) is 45.3 Å². The number of carbonyl (C=O) groups is 4. The molecule has 0 saturated carbocycles. The summed E-state index contributed by atoms with van der Waals surface area (Å²) in [5.41, 5.74) is -1.16. The Bertz CT molecular complexity index is 1350. The number of hydrogen-bond donors (Lipinski definition) is 2. The SMILES string of the molecule is [2H]C1C(=O)N([2H])C(=O)C(N2Cc3cc(C([2H])([2H])N([2H])C(=O)C(F)(F)c4ccc(Cl)cc4)ccc3C2=O)C1[2H]. The molecular weight excluding hydrogens is 444 g/mol. The van der Waals surface area contributed by atoms with Crippen LogP contribution < -0.4 is 10.6 Å². The van der Waals surface area contributed by atoms with Gasteiger partial charge in [0.05, 0.1) is 2.74 Å². The van der Waals surface area contributed by atoms with Gasteiger partial charge in [-0.2, -0.15) is 8.78 Å². The van der Waals surface area contributed by atoms with Crippen LogP contribution in [0.25, 0.3) is 0 Å². The van der Waals surface area contributed by atoms with E-state index in [2.05, 4.69) is 0 Å². The Morgan fingerprint density at radius 3 is 2.75 bits per heavy atom. The van der Waals surface area contributed by atoms with Gasteiger partial charge in [-0.05, 0) is 35.7 Å². The van der Waals surface area contributed by atoms with E-state index in [1.165, 1.54) is 0 Å². The smallest absolute Gasteiger partial charge is 0.346 e. The molecule has 166 valence electrons. The number of imide groups is 1. The van der Waals surface area contributed by atoms with E-state index < -0.39 is 71.3 Å². The van der Waals surface area contributed by atoms with E-state index in [1.807, 2.05) is 0 Å². The maximum Gasteiger partial charge on any atom is 0.349 e. The second-order valence-corrected chi connectivity index (χ2v) is 7.44. The number of benzene rings is 2. The molecule has 2 aliphatic rings. The van der Waals surface area contributed by atoms with E-state index in [-0.39, 0.29) is 28.0 Å². The molecule has 0 radical (unpaired) electrons. The summed E-state index contributed by atoms with van der Waals surface area (Å²) < 4.78 is 77.4. The van der Waals surface area contributed by atoms with E-state index in [9.17, 15) is 28.0 Å². The summed E-state index contributed by atoms with van der Waals surface area (Å²) in [6.45, 7) is -3.47. The highest BCUT2D eigenvalue weighted by Crippen LogP contribution is 2.30. The molecule has 32 heavy (non-hydrogen) atoms. The van der Waals surface area contributed by atoms with Crippen molar-refractivity contribution in [2.24, 2.45) is 0 Å². The molecule has 2 aromatic carbocycles. The lowest BCUT2D eigenvalue weighted by molar-refractivity contribution is -0.147. The summed E-state index contributed by atoms with van der Waals surface area (Å²) in [5, 5.41) is -0.446. The second kappa shape index (κ2) is 8.31. The van der Waals surface area contributed by atoms with Gasteiger partial charge in [0.2, 0.25) is 11.8 Å². The quantitative estimate of drug-likeness (QED) is 0.660. The number of nitrogens with one attached hydrogen (secondary N) is 2. The summed E-state index contributed by atoms with van der Waals surface area (Å²) in [4.78, 5) is 50.7. The minimum absolute atomic E-state index is 0.0335. The molecule has 1 saturated heterocycles. The van der Waals surface area contributed by atoms with E-state index >= 15 is 0 Å². The van der Waals surface area contributed by atoms with Crippen LogP contribution in [0.5, 0.6) is 0 Å². The maximum atomic E-state index is 14.8. The first kappa shape index (κ1) is 15.5. The summed E-state index contributed by atoms with van der Waals surface area (Å²) in [5.74, 6) is -9.59. The maximum absolute atomic E-state index is 14.8. The average Bonchev–Trinajstić information content (AvgIpc) is 3.21. The Morgan fingerprint density at radius 1 is 1.31 bits per heavy atom. The van der Waals surface area contributed by atoms with Gasteiger partial charge < -0.3 is 10.2 Å². The van der Waals surface area contributed by atoms with Crippen molar-refractivity contribution in [2.75, 3.05) is 0 Å². The van der Waals surface area contributed by atoms with Crippen LogP contribution in [-0.4, -0.2) is 34.6 Å². The van der Waals surface area contributed by atoms with Crippen LogP contribution in [0.4, 0.5) is 8.78 Å². The van der Waals surface area contributed by atoms with E-state index in [0.29, 0.717) is 0 Å². The lowest BCUT2D eigenvalue weighted by atomic mass is 10.0. The third-order valence-electron chi connectivity index (χ3n) is 4.93. The number of hydrogen-bond acceptors (Lipinski definition) is 4. The molecule has 4 rings (SSSR count). The molecular formula is C22H18ClF2N3O4. The zero-order valence-corrected chi connectivity index (χ0v) is 16.8. The van der Waals surface area contributed by atoms with Gasteiger partial charge in [-0.25, -0.2) is 0 Å². The van der Waals surface area contributed by atoms with Crippen molar-refractivity contribution in [1.82, 2.24) is 15.5 Å². The number of nitrogens with zero attached hydrogens (tertiary/aromatic N) is 1. The molecule has 2 aromatic rings. The first-order valence-corrected chi connectivity index (χ1v) is 9.61. The molecule has 4 amide bonds. The lowest BCUT2D eigenvalue weighted by Crippen LogP contribution is -2.52. The number of piperidine rings is 1. The van der Waals surface area contributed by atoms with Crippen LogP contribution in [0.2, 0.25) is 7.85 Å². The van der Waals surface area contributed by atoms with Gasteiger partial charge >= 0.3 is 5.92 Å². The van der Waals surface area contributed by atoms with Crippen LogP contribution in [0.3, 0.4) is 0 Å². The summed E-state index contributed by atoms with van der Waals surface area (Å²) in [6, 6.07) is 5.54. The van der Waals surface area contributed by atoms with Gasteiger partial charge in [0.25, 0.3) is 11.8 Å². The fraction of sp³-hybridized carbons (Fsp3) is 0.273. The van der Waals surface area contributed by atoms with Crippen molar-refractivity contribution in [2.45, 2.75) is 37.8 Å². The highest BCUT2D eigenvalue weighted by Gasteiger charge is 2.41. The highest BCUT2D eigenvalue weighted by molar-refractivity contribution is 6.30. The monoisotopic (exact) mass is 467 g/mol. The van der Waals surface area contributed by atoms with Crippen molar-refractivity contribution in [1.29, 1.82) is 0 Å².